The highest BCUT2D eigenvalue weighted by Gasteiger charge is 2.34. The molecule has 3 saturated heterocycles. The molecule has 1 aromatic heterocycles. The Kier molecular flexibility index (Phi) is 3.15. The number of aromatic amines is 1. The highest BCUT2D eigenvalue weighted by atomic mass is 16.1. The molecule has 0 radical (unpaired) electrons. The lowest BCUT2D eigenvalue weighted by molar-refractivity contribution is -0.122. The average Bonchev–Trinajstić information content (AvgIpc) is 2.92. The second kappa shape index (κ2) is 5.15. The third-order valence-corrected chi connectivity index (χ3v) is 4.88. The van der Waals surface area contributed by atoms with Crippen molar-refractivity contribution in [1.29, 1.82) is 0 Å². The second-order valence-corrected chi connectivity index (χ2v) is 6.21. The van der Waals surface area contributed by atoms with Crippen molar-refractivity contribution < 1.29 is 4.79 Å². The van der Waals surface area contributed by atoms with Crippen LogP contribution in [-0.2, 0) is 11.2 Å². The van der Waals surface area contributed by atoms with E-state index in [0.717, 1.165) is 23.1 Å². The van der Waals surface area contributed by atoms with Crippen LogP contribution in [0.25, 0.3) is 10.9 Å². The minimum Gasteiger partial charge on any atom is -0.351 e. The number of nitrogens with one attached hydrogen (secondary N) is 2. The van der Waals surface area contributed by atoms with Gasteiger partial charge in [-0.2, -0.15) is 5.10 Å². The number of benzene rings is 1. The highest BCUT2D eigenvalue weighted by molar-refractivity contribution is 5.87. The first-order valence-electron chi connectivity index (χ1n) is 7.73. The molecular formula is C16H20N4O. The summed E-state index contributed by atoms with van der Waals surface area (Å²) >= 11 is 0. The number of para-hydroxylation sites is 1. The van der Waals surface area contributed by atoms with Gasteiger partial charge in [-0.25, -0.2) is 0 Å². The first-order valence-corrected chi connectivity index (χ1v) is 7.73. The Morgan fingerprint density at radius 3 is 2.90 bits per heavy atom. The summed E-state index contributed by atoms with van der Waals surface area (Å²) in [6.45, 7) is 3.41. The van der Waals surface area contributed by atoms with E-state index in [0.29, 0.717) is 18.4 Å². The molecule has 5 heteroatoms. The van der Waals surface area contributed by atoms with Crippen molar-refractivity contribution in [3.05, 3.63) is 30.0 Å². The quantitative estimate of drug-likeness (QED) is 0.893. The zero-order chi connectivity index (χ0) is 14.2. The Balaban J connectivity index is 1.44. The maximum Gasteiger partial charge on any atom is 0.226 e. The van der Waals surface area contributed by atoms with Crippen molar-refractivity contribution in [3.8, 4) is 0 Å². The molecule has 5 rings (SSSR count). The van der Waals surface area contributed by atoms with Crippen LogP contribution in [0.1, 0.15) is 18.5 Å². The van der Waals surface area contributed by atoms with Crippen molar-refractivity contribution in [2.45, 2.75) is 25.3 Å². The molecule has 0 saturated carbocycles. The van der Waals surface area contributed by atoms with Gasteiger partial charge in [0.25, 0.3) is 0 Å². The van der Waals surface area contributed by atoms with Crippen molar-refractivity contribution in [1.82, 2.24) is 20.4 Å². The second-order valence-electron chi connectivity index (χ2n) is 6.21. The lowest BCUT2D eigenvalue weighted by Crippen LogP contribution is -2.57. The number of piperidine rings is 3. The minimum absolute atomic E-state index is 0.100. The molecule has 2 aromatic rings. The summed E-state index contributed by atoms with van der Waals surface area (Å²) in [5.74, 6) is 0.764. The van der Waals surface area contributed by atoms with Gasteiger partial charge in [-0.15, -0.1) is 0 Å². The van der Waals surface area contributed by atoms with Crippen LogP contribution in [0, 0.1) is 5.92 Å². The zero-order valence-corrected chi connectivity index (χ0v) is 12.0. The molecule has 1 amide bonds. The summed E-state index contributed by atoms with van der Waals surface area (Å²) in [7, 11) is 0. The van der Waals surface area contributed by atoms with Crippen LogP contribution in [0.5, 0.6) is 0 Å². The smallest absolute Gasteiger partial charge is 0.226 e. The van der Waals surface area contributed by atoms with E-state index in [1.807, 2.05) is 24.3 Å². The Bertz CT molecular complexity index is 657. The van der Waals surface area contributed by atoms with E-state index in [2.05, 4.69) is 20.4 Å². The van der Waals surface area contributed by atoms with Crippen LogP contribution >= 0.6 is 0 Å². The predicted octanol–water partition coefficient (Wildman–Crippen LogP) is 1.32. The number of fused-ring (bicyclic) bond motifs is 4. The van der Waals surface area contributed by atoms with Crippen LogP contribution in [-0.4, -0.2) is 46.7 Å². The van der Waals surface area contributed by atoms with Gasteiger partial charge < -0.3 is 10.2 Å². The average molecular weight is 284 g/mol. The van der Waals surface area contributed by atoms with Gasteiger partial charge in [-0.1, -0.05) is 18.2 Å². The molecule has 1 atom stereocenters. The zero-order valence-electron chi connectivity index (χ0n) is 12.0. The molecule has 110 valence electrons. The number of rotatable bonds is 3. The molecule has 5 nitrogen and oxygen atoms in total. The Hall–Kier alpha value is -1.88. The molecule has 3 aliphatic heterocycles. The maximum absolute atomic E-state index is 12.3. The van der Waals surface area contributed by atoms with E-state index in [1.165, 1.54) is 25.9 Å². The third-order valence-electron chi connectivity index (χ3n) is 4.88. The van der Waals surface area contributed by atoms with Gasteiger partial charge in [0.2, 0.25) is 5.91 Å². The van der Waals surface area contributed by atoms with Crippen LogP contribution < -0.4 is 5.32 Å². The van der Waals surface area contributed by atoms with Crippen LogP contribution in [0.3, 0.4) is 0 Å². The molecule has 21 heavy (non-hydrogen) atoms. The number of H-pyrrole nitrogens is 1. The van der Waals surface area contributed by atoms with E-state index in [9.17, 15) is 4.79 Å². The lowest BCUT2D eigenvalue weighted by atomic mass is 9.84. The van der Waals surface area contributed by atoms with Crippen molar-refractivity contribution >= 4 is 16.8 Å². The molecule has 3 aliphatic rings. The van der Waals surface area contributed by atoms with Gasteiger partial charge in [0, 0.05) is 18.0 Å². The van der Waals surface area contributed by atoms with Crippen LogP contribution in [0.4, 0.5) is 0 Å². The van der Waals surface area contributed by atoms with E-state index >= 15 is 0 Å². The van der Waals surface area contributed by atoms with Crippen LogP contribution in [0.2, 0.25) is 0 Å². The first kappa shape index (κ1) is 12.8. The third kappa shape index (κ3) is 2.42. The highest BCUT2D eigenvalue weighted by Crippen LogP contribution is 2.27. The van der Waals surface area contributed by atoms with Gasteiger partial charge in [0.1, 0.15) is 0 Å². The Labute approximate surface area is 123 Å². The Morgan fingerprint density at radius 1 is 1.33 bits per heavy atom. The topological polar surface area (TPSA) is 61.0 Å². The molecule has 2 N–H and O–H groups in total. The molecule has 4 heterocycles. The predicted molar refractivity (Wildman–Crippen MR) is 80.9 cm³/mol. The fourth-order valence-electron chi connectivity index (χ4n) is 3.70. The molecule has 3 fully saturated rings. The normalized spacial score (nSPS) is 27.9. The number of hydrogen-bond donors (Lipinski definition) is 2. The monoisotopic (exact) mass is 284 g/mol. The van der Waals surface area contributed by atoms with Gasteiger partial charge in [0.05, 0.1) is 17.6 Å². The standard InChI is InChI=1S/C16H20N4O/c21-16(17-15-10-20-7-5-11(15)6-8-20)9-14-12-3-1-2-4-13(12)18-19-14/h1-4,11,15H,5-10H2,(H,17,21)(H,18,19)/t15-/m0/s1. The summed E-state index contributed by atoms with van der Waals surface area (Å²) in [6.07, 6.45) is 2.82. The molecule has 2 bridgehead atoms. The first-order chi connectivity index (χ1) is 10.3. The van der Waals surface area contributed by atoms with Crippen molar-refractivity contribution in [2.24, 2.45) is 5.92 Å². The minimum atomic E-state index is 0.100. The molecule has 0 aliphatic carbocycles. The number of aromatic nitrogens is 2. The fourth-order valence-corrected chi connectivity index (χ4v) is 3.70. The van der Waals surface area contributed by atoms with E-state index in [4.69, 9.17) is 0 Å². The van der Waals surface area contributed by atoms with E-state index in [1.54, 1.807) is 0 Å². The fraction of sp³-hybridized carbons (Fsp3) is 0.500. The summed E-state index contributed by atoms with van der Waals surface area (Å²) in [5, 5.41) is 11.5. The summed E-state index contributed by atoms with van der Waals surface area (Å²) in [6, 6.07) is 8.23. The summed E-state index contributed by atoms with van der Waals surface area (Å²) < 4.78 is 0. The molecular weight excluding hydrogens is 264 g/mol. The Morgan fingerprint density at radius 2 is 2.14 bits per heavy atom. The number of nitrogens with zero attached hydrogens (tertiary/aromatic N) is 2. The van der Waals surface area contributed by atoms with Crippen molar-refractivity contribution in [2.75, 3.05) is 19.6 Å². The van der Waals surface area contributed by atoms with Gasteiger partial charge in [-0.05, 0) is 37.9 Å². The number of carbonyl (C=O) groups excluding carboxylic acids is 1. The van der Waals surface area contributed by atoms with Crippen LogP contribution in [0.15, 0.2) is 24.3 Å². The molecule has 0 spiro atoms. The van der Waals surface area contributed by atoms with Gasteiger partial charge in [-0.3, -0.25) is 9.89 Å². The van der Waals surface area contributed by atoms with Gasteiger partial charge in [0.15, 0.2) is 0 Å². The number of amides is 1. The summed E-state index contributed by atoms with van der Waals surface area (Å²) in [4.78, 5) is 14.8. The van der Waals surface area contributed by atoms with E-state index < -0.39 is 0 Å². The number of carbonyl (C=O) groups is 1. The number of hydrogen-bond acceptors (Lipinski definition) is 3. The largest absolute Gasteiger partial charge is 0.351 e. The summed E-state index contributed by atoms with van der Waals surface area (Å²) in [5.41, 5.74) is 1.83. The SMILES string of the molecule is O=C(Cc1[nH]nc2ccccc12)N[C@H]1CN2CCC1CC2. The van der Waals surface area contributed by atoms with Gasteiger partial charge >= 0.3 is 0 Å². The maximum atomic E-state index is 12.3. The van der Waals surface area contributed by atoms with Crippen molar-refractivity contribution in [3.63, 3.8) is 0 Å². The molecule has 0 unspecified atom stereocenters. The van der Waals surface area contributed by atoms with E-state index in [-0.39, 0.29) is 5.91 Å². The lowest BCUT2D eigenvalue weighted by Gasteiger charge is -2.44. The molecule has 1 aromatic carbocycles.